The smallest absolute Gasteiger partial charge is 0.270 e. The van der Waals surface area contributed by atoms with Crippen LogP contribution >= 0.6 is 27.3 Å². The van der Waals surface area contributed by atoms with E-state index < -0.39 is 0 Å². The van der Waals surface area contributed by atoms with Gasteiger partial charge in [-0.25, -0.2) is 0 Å². The molecule has 0 fully saturated rings. The van der Waals surface area contributed by atoms with Crippen molar-refractivity contribution in [3.05, 3.63) is 54.2 Å². The van der Waals surface area contributed by atoms with Crippen molar-refractivity contribution in [1.29, 1.82) is 0 Å². The minimum absolute atomic E-state index is 0.0690. The fraction of sp³-hybridized carbons (Fsp3) is 0.333. The Morgan fingerprint density at radius 1 is 1.39 bits per heavy atom. The molecule has 1 aliphatic rings. The zero-order chi connectivity index (χ0) is 16.4. The Kier molecular flexibility index (Phi) is 4.96. The molecule has 0 N–H and O–H groups in total. The van der Waals surface area contributed by atoms with Gasteiger partial charge in [0.1, 0.15) is 5.75 Å². The number of benzene rings is 1. The van der Waals surface area contributed by atoms with Crippen LogP contribution in [0, 0.1) is 10.1 Å². The van der Waals surface area contributed by atoms with Crippen LogP contribution in [-0.2, 0) is 24.4 Å². The average Bonchev–Trinajstić information content (AvgIpc) is 2.92. The van der Waals surface area contributed by atoms with E-state index in [0.29, 0.717) is 18.9 Å². The second-order valence-corrected chi connectivity index (χ2v) is 7.68. The predicted octanol–water partition coefficient (Wildman–Crippen LogP) is 3.92. The lowest BCUT2D eigenvalue weighted by atomic mass is 10.1. The van der Waals surface area contributed by atoms with Gasteiger partial charge < -0.3 is 9.47 Å². The van der Waals surface area contributed by atoms with Crippen molar-refractivity contribution in [2.45, 2.75) is 19.7 Å². The Bertz CT molecular complexity index is 734. The summed E-state index contributed by atoms with van der Waals surface area (Å²) in [5.74, 6) is 0.709. The molecule has 0 unspecified atom stereocenters. The lowest BCUT2D eigenvalue weighted by molar-refractivity contribution is -0.385. The number of halogens is 1. The predicted molar refractivity (Wildman–Crippen MR) is 90.6 cm³/mol. The molecule has 3 rings (SSSR count). The first-order valence-corrected chi connectivity index (χ1v) is 8.62. The molecular weight excluding hydrogens is 384 g/mol. The van der Waals surface area contributed by atoms with Gasteiger partial charge in [-0.05, 0) is 40.0 Å². The van der Waals surface area contributed by atoms with Gasteiger partial charge >= 0.3 is 0 Å². The minimum Gasteiger partial charge on any atom is -0.467 e. The first-order valence-electron chi connectivity index (χ1n) is 6.95. The summed E-state index contributed by atoms with van der Waals surface area (Å²) in [6, 6.07) is 5.19. The first-order chi connectivity index (χ1) is 11.0. The third-order valence-electron chi connectivity index (χ3n) is 3.50. The van der Waals surface area contributed by atoms with Gasteiger partial charge in [0.05, 0.1) is 15.3 Å². The van der Waals surface area contributed by atoms with Crippen molar-refractivity contribution >= 4 is 33.0 Å². The monoisotopic (exact) mass is 398 g/mol. The molecule has 23 heavy (non-hydrogen) atoms. The quantitative estimate of drug-likeness (QED) is 0.563. The van der Waals surface area contributed by atoms with Crippen molar-refractivity contribution in [3.63, 3.8) is 0 Å². The fourth-order valence-corrected chi connectivity index (χ4v) is 3.79. The summed E-state index contributed by atoms with van der Waals surface area (Å²) in [4.78, 5) is 12.8. The van der Waals surface area contributed by atoms with Crippen molar-refractivity contribution in [1.82, 2.24) is 4.90 Å². The van der Waals surface area contributed by atoms with Crippen molar-refractivity contribution < 1.29 is 14.4 Å². The van der Waals surface area contributed by atoms with Gasteiger partial charge in [-0.1, -0.05) is 0 Å². The second kappa shape index (κ2) is 6.96. The van der Waals surface area contributed by atoms with Crippen LogP contribution in [-0.4, -0.2) is 23.7 Å². The van der Waals surface area contributed by atoms with E-state index in [2.05, 4.69) is 32.3 Å². The average molecular weight is 399 g/mol. The number of fused-ring (bicyclic) bond motifs is 1. The number of rotatable bonds is 5. The highest BCUT2D eigenvalue weighted by molar-refractivity contribution is 9.11. The number of thiophene rings is 1. The number of hydrogen-bond acceptors (Lipinski definition) is 6. The standard InChI is InChI=1S/C15H15BrN2O4S/c1-17(5-10-2-14(16)23-8-10)6-11-3-13(18(19)20)4-12-7-21-9-22-15(11)12/h2-4,8H,5-7,9H2,1H3. The van der Waals surface area contributed by atoms with Crippen LogP contribution in [0.15, 0.2) is 27.4 Å². The van der Waals surface area contributed by atoms with E-state index in [9.17, 15) is 10.1 Å². The topological polar surface area (TPSA) is 64.8 Å². The molecule has 122 valence electrons. The van der Waals surface area contributed by atoms with Crippen LogP contribution in [0.1, 0.15) is 16.7 Å². The van der Waals surface area contributed by atoms with Gasteiger partial charge in [0.15, 0.2) is 6.79 Å². The van der Waals surface area contributed by atoms with E-state index in [1.165, 1.54) is 11.6 Å². The fourth-order valence-electron chi connectivity index (χ4n) is 2.59. The van der Waals surface area contributed by atoms with Crippen molar-refractivity contribution in [2.24, 2.45) is 0 Å². The number of ether oxygens (including phenoxy) is 2. The zero-order valence-electron chi connectivity index (χ0n) is 12.5. The lowest BCUT2D eigenvalue weighted by Crippen LogP contribution is -2.20. The number of non-ortho nitro benzene ring substituents is 1. The molecule has 0 radical (unpaired) electrons. The Hall–Kier alpha value is -1.48. The molecule has 6 nitrogen and oxygen atoms in total. The highest BCUT2D eigenvalue weighted by Crippen LogP contribution is 2.33. The largest absolute Gasteiger partial charge is 0.467 e. The molecule has 0 amide bonds. The number of nitro groups is 1. The van der Waals surface area contributed by atoms with Crippen LogP contribution in [0.4, 0.5) is 5.69 Å². The van der Waals surface area contributed by atoms with E-state index in [0.717, 1.165) is 21.5 Å². The molecule has 0 saturated heterocycles. The van der Waals surface area contributed by atoms with E-state index in [1.807, 2.05) is 7.05 Å². The molecule has 2 aromatic rings. The molecule has 0 bridgehead atoms. The molecule has 0 saturated carbocycles. The molecule has 0 spiro atoms. The van der Waals surface area contributed by atoms with Crippen LogP contribution in [0.25, 0.3) is 0 Å². The lowest BCUT2D eigenvalue weighted by Gasteiger charge is -2.23. The molecule has 1 aromatic heterocycles. The van der Waals surface area contributed by atoms with Crippen LogP contribution in [0.3, 0.4) is 0 Å². The summed E-state index contributed by atoms with van der Waals surface area (Å²) >= 11 is 5.10. The van der Waals surface area contributed by atoms with E-state index in [-0.39, 0.29) is 17.4 Å². The van der Waals surface area contributed by atoms with Gasteiger partial charge in [0, 0.05) is 36.3 Å². The molecule has 8 heteroatoms. The molecule has 2 heterocycles. The van der Waals surface area contributed by atoms with Crippen LogP contribution in [0.2, 0.25) is 0 Å². The summed E-state index contributed by atoms with van der Waals surface area (Å²) in [6.45, 7) is 1.84. The van der Waals surface area contributed by atoms with E-state index >= 15 is 0 Å². The van der Waals surface area contributed by atoms with Crippen LogP contribution < -0.4 is 4.74 Å². The molecular formula is C15H15BrN2O4S. The summed E-state index contributed by atoms with van der Waals surface area (Å²) in [6.07, 6.45) is 0. The Morgan fingerprint density at radius 2 is 2.22 bits per heavy atom. The Labute approximate surface area is 145 Å². The van der Waals surface area contributed by atoms with Gasteiger partial charge in [0.2, 0.25) is 0 Å². The maximum absolute atomic E-state index is 11.1. The highest BCUT2D eigenvalue weighted by Gasteiger charge is 2.21. The molecule has 0 aliphatic carbocycles. The van der Waals surface area contributed by atoms with Gasteiger partial charge in [-0.15, -0.1) is 11.3 Å². The SMILES string of the molecule is CN(Cc1csc(Br)c1)Cc1cc([N+](=O)[O-])cc2c1OCOC2. The third-order valence-corrected chi connectivity index (χ3v) is 5.05. The van der Waals surface area contributed by atoms with Gasteiger partial charge in [0.25, 0.3) is 5.69 Å². The summed E-state index contributed by atoms with van der Waals surface area (Å²) in [7, 11) is 1.98. The first kappa shape index (κ1) is 16.4. The van der Waals surface area contributed by atoms with Crippen LogP contribution in [0.5, 0.6) is 5.75 Å². The maximum atomic E-state index is 11.1. The second-order valence-electron chi connectivity index (χ2n) is 5.39. The minimum atomic E-state index is -0.381. The Balaban J connectivity index is 1.83. The normalized spacial score (nSPS) is 13.7. The highest BCUT2D eigenvalue weighted by atomic mass is 79.9. The molecule has 1 aromatic carbocycles. The van der Waals surface area contributed by atoms with Gasteiger partial charge in [-0.3, -0.25) is 15.0 Å². The molecule has 1 aliphatic heterocycles. The van der Waals surface area contributed by atoms with Gasteiger partial charge in [-0.2, -0.15) is 0 Å². The van der Waals surface area contributed by atoms with Crippen molar-refractivity contribution in [3.8, 4) is 5.75 Å². The van der Waals surface area contributed by atoms with E-state index in [1.54, 1.807) is 17.4 Å². The number of hydrogen-bond donors (Lipinski definition) is 0. The molecule has 0 atom stereocenters. The maximum Gasteiger partial charge on any atom is 0.270 e. The summed E-state index contributed by atoms with van der Waals surface area (Å²) in [5, 5.41) is 13.2. The van der Waals surface area contributed by atoms with Crippen molar-refractivity contribution in [2.75, 3.05) is 13.8 Å². The number of nitrogens with zero attached hydrogens (tertiary/aromatic N) is 2. The zero-order valence-corrected chi connectivity index (χ0v) is 14.9. The Morgan fingerprint density at radius 3 is 2.91 bits per heavy atom. The third kappa shape index (κ3) is 3.89. The summed E-state index contributed by atoms with van der Waals surface area (Å²) in [5.41, 5.74) is 2.81. The number of nitro benzene ring substituents is 1. The van der Waals surface area contributed by atoms with E-state index in [4.69, 9.17) is 9.47 Å². The summed E-state index contributed by atoms with van der Waals surface area (Å²) < 4.78 is 11.9.